The molecule has 3 nitrogen and oxygen atoms in total. The monoisotopic (exact) mass is 298 g/mol. The maximum absolute atomic E-state index is 9.42. The van der Waals surface area contributed by atoms with Gasteiger partial charge in [0.1, 0.15) is 0 Å². The highest BCUT2D eigenvalue weighted by Gasteiger charge is 2.21. The highest BCUT2D eigenvalue weighted by molar-refractivity contribution is 9.10. The molecule has 1 atom stereocenters. The molecular formula is C13H19BrN2O. The predicted molar refractivity (Wildman–Crippen MR) is 74.5 cm³/mol. The highest BCUT2D eigenvalue weighted by atomic mass is 79.9. The summed E-state index contributed by atoms with van der Waals surface area (Å²) in [7, 11) is 2.09. The molecule has 1 aliphatic heterocycles. The van der Waals surface area contributed by atoms with Crippen molar-refractivity contribution in [2.45, 2.75) is 12.5 Å². The summed E-state index contributed by atoms with van der Waals surface area (Å²) in [6, 6.07) is 8.63. The quantitative estimate of drug-likeness (QED) is 0.904. The van der Waals surface area contributed by atoms with Crippen LogP contribution < -0.4 is 4.90 Å². The Kier molecular flexibility index (Phi) is 4.42. The summed E-state index contributed by atoms with van der Waals surface area (Å²) in [4.78, 5) is 4.61. The van der Waals surface area contributed by atoms with Crippen LogP contribution in [0, 0.1) is 0 Å². The molecule has 17 heavy (non-hydrogen) atoms. The Morgan fingerprint density at radius 1 is 1.29 bits per heavy atom. The molecule has 1 unspecified atom stereocenters. The van der Waals surface area contributed by atoms with E-state index in [-0.39, 0.29) is 12.6 Å². The number of nitrogens with zero attached hydrogens (tertiary/aromatic N) is 2. The number of anilines is 1. The van der Waals surface area contributed by atoms with Crippen LogP contribution in [0.3, 0.4) is 0 Å². The van der Waals surface area contributed by atoms with Crippen LogP contribution in [0.2, 0.25) is 0 Å². The Balaban J connectivity index is 2.12. The zero-order valence-electron chi connectivity index (χ0n) is 10.1. The Morgan fingerprint density at radius 2 is 2.00 bits per heavy atom. The van der Waals surface area contributed by atoms with Gasteiger partial charge in [-0.3, -0.25) is 4.90 Å². The molecule has 1 aromatic carbocycles. The van der Waals surface area contributed by atoms with E-state index >= 15 is 0 Å². The van der Waals surface area contributed by atoms with Crippen LogP contribution in [-0.2, 0) is 0 Å². The molecule has 4 heteroatoms. The summed E-state index contributed by atoms with van der Waals surface area (Å²) >= 11 is 3.45. The van der Waals surface area contributed by atoms with E-state index in [0.29, 0.717) is 0 Å². The standard InChI is InChI=1S/C13H19BrN2O/c1-15-7-2-8-16(9-13(15)10-17)12-5-3-11(14)4-6-12/h3-6,13,17H,2,7-10H2,1H3. The predicted octanol–water partition coefficient (Wildman–Crippen LogP) is 1.95. The lowest BCUT2D eigenvalue weighted by Gasteiger charge is -2.28. The summed E-state index contributed by atoms with van der Waals surface area (Å²) in [5, 5.41) is 9.42. The van der Waals surface area contributed by atoms with Gasteiger partial charge in [0, 0.05) is 29.3 Å². The topological polar surface area (TPSA) is 26.7 Å². The van der Waals surface area contributed by atoms with Crippen LogP contribution in [0.5, 0.6) is 0 Å². The van der Waals surface area contributed by atoms with Crippen LogP contribution in [-0.4, -0.2) is 49.3 Å². The first-order chi connectivity index (χ1) is 8.20. The number of halogens is 1. The third-order valence-corrected chi connectivity index (χ3v) is 3.92. The van der Waals surface area contributed by atoms with Crippen molar-refractivity contribution in [3.8, 4) is 0 Å². The molecule has 1 saturated heterocycles. The van der Waals surface area contributed by atoms with Gasteiger partial charge in [-0.2, -0.15) is 0 Å². The van der Waals surface area contributed by atoms with Gasteiger partial charge >= 0.3 is 0 Å². The molecule has 2 rings (SSSR count). The van der Waals surface area contributed by atoms with Crippen LogP contribution in [0.25, 0.3) is 0 Å². The smallest absolute Gasteiger partial charge is 0.0603 e. The fraction of sp³-hybridized carbons (Fsp3) is 0.538. The molecule has 0 radical (unpaired) electrons. The van der Waals surface area contributed by atoms with E-state index in [4.69, 9.17) is 0 Å². The largest absolute Gasteiger partial charge is 0.395 e. The summed E-state index contributed by atoms with van der Waals surface area (Å²) in [5.41, 5.74) is 1.24. The molecule has 1 fully saturated rings. The first-order valence-electron chi connectivity index (χ1n) is 6.02. The Labute approximate surface area is 111 Å². The van der Waals surface area contributed by atoms with Gasteiger partial charge in [0.2, 0.25) is 0 Å². The van der Waals surface area contributed by atoms with Gasteiger partial charge in [0.15, 0.2) is 0 Å². The van der Waals surface area contributed by atoms with Crippen molar-refractivity contribution in [2.24, 2.45) is 0 Å². The minimum absolute atomic E-state index is 0.226. The average Bonchev–Trinajstić information content (AvgIpc) is 2.52. The SMILES string of the molecule is CN1CCCN(c2ccc(Br)cc2)CC1CO. The lowest BCUT2D eigenvalue weighted by Crippen LogP contribution is -2.41. The zero-order valence-corrected chi connectivity index (χ0v) is 11.7. The molecule has 94 valence electrons. The van der Waals surface area contributed by atoms with Crippen LogP contribution in [0.4, 0.5) is 5.69 Å². The van der Waals surface area contributed by atoms with Gasteiger partial charge in [0.05, 0.1) is 6.61 Å². The van der Waals surface area contributed by atoms with Crippen molar-refractivity contribution in [1.29, 1.82) is 0 Å². The molecular weight excluding hydrogens is 280 g/mol. The first-order valence-corrected chi connectivity index (χ1v) is 6.81. The van der Waals surface area contributed by atoms with E-state index in [1.54, 1.807) is 0 Å². The lowest BCUT2D eigenvalue weighted by molar-refractivity contribution is 0.159. The molecule has 0 aromatic heterocycles. The number of aliphatic hydroxyl groups is 1. The number of hydrogen-bond donors (Lipinski definition) is 1. The second-order valence-electron chi connectivity index (χ2n) is 4.59. The van der Waals surface area contributed by atoms with Crippen LogP contribution >= 0.6 is 15.9 Å². The number of aliphatic hydroxyl groups excluding tert-OH is 1. The molecule has 1 heterocycles. The van der Waals surface area contributed by atoms with Crippen molar-refractivity contribution in [3.05, 3.63) is 28.7 Å². The van der Waals surface area contributed by atoms with Gasteiger partial charge in [-0.05, 0) is 44.3 Å². The summed E-state index contributed by atoms with van der Waals surface area (Å²) in [5.74, 6) is 0. The van der Waals surface area contributed by atoms with E-state index in [1.807, 2.05) is 0 Å². The van der Waals surface area contributed by atoms with E-state index < -0.39 is 0 Å². The Bertz CT molecular complexity index is 355. The van der Waals surface area contributed by atoms with E-state index in [2.05, 4.69) is 57.0 Å². The Morgan fingerprint density at radius 3 is 2.65 bits per heavy atom. The second-order valence-corrected chi connectivity index (χ2v) is 5.51. The van der Waals surface area contributed by atoms with Crippen LogP contribution in [0.15, 0.2) is 28.7 Å². The molecule has 1 aromatic rings. The molecule has 1 N–H and O–H groups in total. The van der Waals surface area contributed by atoms with Crippen LogP contribution in [0.1, 0.15) is 6.42 Å². The summed E-state index contributed by atoms with van der Waals surface area (Å²) in [6.45, 7) is 3.24. The number of hydrogen-bond acceptors (Lipinski definition) is 3. The zero-order chi connectivity index (χ0) is 12.3. The third kappa shape index (κ3) is 3.21. The second kappa shape index (κ2) is 5.85. The Hall–Kier alpha value is -0.580. The fourth-order valence-corrected chi connectivity index (χ4v) is 2.53. The maximum atomic E-state index is 9.42. The van der Waals surface area contributed by atoms with Gasteiger partial charge in [0.25, 0.3) is 0 Å². The van der Waals surface area contributed by atoms with Crippen molar-refractivity contribution < 1.29 is 5.11 Å². The van der Waals surface area contributed by atoms with Crippen molar-refractivity contribution >= 4 is 21.6 Å². The maximum Gasteiger partial charge on any atom is 0.0603 e. The third-order valence-electron chi connectivity index (χ3n) is 3.40. The first kappa shape index (κ1) is 12.9. The van der Waals surface area contributed by atoms with E-state index in [9.17, 15) is 5.11 Å². The van der Waals surface area contributed by atoms with Gasteiger partial charge in [-0.25, -0.2) is 0 Å². The van der Waals surface area contributed by atoms with Gasteiger partial charge in [-0.15, -0.1) is 0 Å². The summed E-state index contributed by atoms with van der Waals surface area (Å²) in [6.07, 6.45) is 1.14. The van der Waals surface area contributed by atoms with E-state index in [0.717, 1.165) is 30.5 Å². The van der Waals surface area contributed by atoms with Gasteiger partial charge < -0.3 is 10.0 Å². The van der Waals surface area contributed by atoms with Gasteiger partial charge in [-0.1, -0.05) is 15.9 Å². The minimum Gasteiger partial charge on any atom is -0.395 e. The molecule has 1 aliphatic rings. The number of rotatable bonds is 2. The minimum atomic E-state index is 0.226. The lowest BCUT2D eigenvalue weighted by atomic mass is 10.2. The van der Waals surface area contributed by atoms with Crippen molar-refractivity contribution in [2.75, 3.05) is 38.2 Å². The molecule has 0 bridgehead atoms. The normalized spacial score (nSPS) is 22.5. The highest BCUT2D eigenvalue weighted by Crippen LogP contribution is 2.21. The van der Waals surface area contributed by atoms with E-state index in [1.165, 1.54) is 5.69 Å². The average molecular weight is 299 g/mol. The molecule has 0 saturated carbocycles. The van der Waals surface area contributed by atoms with Crippen molar-refractivity contribution in [1.82, 2.24) is 4.90 Å². The fourth-order valence-electron chi connectivity index (χ4n) is 2.26. The number of benzene rings is 1. The summed E-state index contributed by atoms with van der Waals surface area (Å²) < 4.78 is 1.10. The van der Waals surface area contributed by atoms with Crippen molar-refractivity contribution in [3.63, 3.8) is 0 Å². The molecule has 0 aliphatic carbocycles. The molecule has 0 amide bonds. The number of likely N-dealkylation sites (N-methyl/N-ethyl adjacent to an activating group) is 1. The molecule has 0 spiro atoms.